The number of benzene rings is 1. The molecule has 0 unspecified atom stereocenters. The zero-order valence-electron chi connectivity index (χ0n) is 16.2. The van der Waals surface area contributed by atoms with Crippen LogP contribution in [0.25, 0.3) is 5.69 Å². The zero-order chi connectivity index (χ0) is 19.8. The maximum atomic E-state index is 14.5. The third kappa shape index (κ3) is 5.16. The van der Waals surface area contributed by atoms with Crippen LogP contribution in [0.15, 0.2) is 60.0 Å². The summed E-state index contributed by atoms with van der Waals surface area (Å²) in [4.78, 5) is 13.0. The van der Waals surface area contributed by atoms with Crippen LogP contribution in [-0.4, -0.2) is 33.6 Å². The maximum Gasteiger partial charge on any atom is 0.191 e. The lowest BCUT2D eigenvalue weighted by Crippen LogP contribution is -2.38. The Morgan fingerprint density at radius 1 is 1.14 bits per heavy atom. The number of imidazole rings is 1. The predicted octanol–water partition coefficient (Wildman–Crippen LogP) is 3.01. The van der Waals surface area contributed by atoms with Crippen LogP contribution < -0.4 is 10.6 Å². The highest BCUT2D eigenvalue weighted by Crippen LogP contribution is 2.17. The largest absolute Gasteiger partial charge is 0.357 e. The summed E-state index contributed by atoms with van der Waals surface area (Å²) >= 11 is 0. The number of aromatic nitrogens is 3. The molecule has 0 amide bonds. The topological polar surface area (TPSA) is 67.1 Å². The Hall–Kier alpha value is -3.22. The molecule has 0 aliphatic rings. The summed E-state index contributed by atoms with van der Waals surface area (Å²) in [6.07, 6.45) is 6.00. The second-order valence-corrected chi connectivity index (χ2v) is 6.32. The van der Waals surface area contributed by atoms with E-state index in [0.29, 0.717) is 18.2 Å². The van der Waals surface area contributed by atoms with Gasteiger partial charge in [0.05, 0.1) is 12.2 Å². The molecule has 1 aromatic carbocycles. The highest BCUT2D eigenvalue weighted by molar-refractivity contribution is 5.79. The molecule has 2 N–H and O–H groups in total. The Morgan fingerprint density at radius 3 is 2.71 bits per heavy atom. The Kier molecular flexibility index (Phi) is 6.73. The van der Waals surface area contributed by atoms with E-state index in [2.05, 4.69) is 25.6 Å². The van der Waals surface area contributed by atoms with E-state index in [0.717, 1.165) is 36.6 Å². The molecule has 0 radical (unpaired) electrons. The Labute approximate surface area is 164 Å². The average molecular weight is 380 g/mol. The first kappa shape index (κ1) is 19.5. The van der Waals surface area contributed by atoms with Crippen molar-refractivity contribution in [2.45, 2.75) is 26.8 Å². The first-order chi connectivity index (χ1) is 13.7. The van der Waals surface area contributed by atoms with Crippen molar-refractivity contribution < 1.29 is 4.39 Å². The van der Waals surface area contributed by atoms with Gasteiger partial charge < -0.3 is 15.2 Å². The van der Waals surface area contributed by atoms with Gasteiger partial charge in [-0.3, -0.25) is 4.98 Å². The van der Waals surface area contributed by atoms with E-state index in [9.17, 15) is 4.39 Å². The van der Waals surface area contributed by atoms with Crippen molar-refractivity contribution in [3.63, 3.8) is 0 Å². The molecule has 6 nitrogen and oxygen atoms in total. The van der Waals surface area contributed by atoms with Crippen LogP contribution >= 0.6 is 0 Å². The van der Waals surface area contributed by atoms with Gasteiger partial charge in [-0.2, -0.15) is 0 Å². The smallest absolute Gasteiger partial charge is 0.191 e. The number of nitrogens with zero attached hydrogens (tertiary/aromatic N) is 4. The number of pyridine rings is 1. The molecule has 0 aliphatic heterocycles. The summed E-state index contributed by atoms with van der Waals surface area (Å²) in [5.41, 5.74) is 2.32. The molecular weight excluding hydrogens is 355 g/mol. The van der Waals surface area contributed by atoms with E-state index >= 15 is 0 Å². The molecule has 2 aromatic heterocycles. The van der Waals surface area contributed by atoms with Crippen LogP contribution in [-0.2, 0) is 13.0 Å². The second kappa shape index (κ2) is 9.64. The number of nitrogens with one attached hydrogen (secondary N) is 2. The fourth-order valence-corrected chi connectivity index (χ4v) is 2.84. The molecule has 28 heavy (non-hydrogen) atoms. The fourth-order valence-electron chi connectivity index (χ4n) is 2.84. The van der Waals surface area contributed by atoms with Crippen molar-refractivity contribution in [1.82, 2.24) is 25.2 Å². The predicted molar refractivity (Wildman–Crippen MR) is 109 cm³/mol. The van der Waals surface area contributed by atoms with Gasteiger partial charge in [0.2, 0.25) is 0 Å². The van der Waals surface area contributed by atoms with E-state index in [4.69, 9.17) is 0 Å². The summed E-state index contributed by atoms with van der Waals surface area (Å²) in [7, 11) is 0. The van der Waals surface area contributed by atoms with E-state index in [1.807, 2.05) is 38.1 Å². The van der Waals surface area contributed by atoms with Gasteiger partial charge in [-0.1, -0.05) is 12.1 Å². The minimum atomic E-state index is -0.290. The number of rotatable bonds is 7. The molecule has 0 saturated carbocycles. The Morgan fingerprint density at radius 2 is 2.04 bits per heavy atom. The van der Waals surface area contributed by atoms with Gasteiger partial charge in [-0.25, -0.2) is 14.4 Å². The number of hydrogen-bond acceptors (Lipinski definition) is 3. The number of aliphatic imine (C=N–C) groups is 1. The number of halogens is 1. The van der Waals surface area contributed by atoms with Gasteiger partial charge in [0.1, 0.15) is 11.6 Å². The number of aryl methyl sites for hydroxylation is 1. The maximum absolute atomic E-state index is 14.5. The highest BCUT2D eigenvalue weighted by Gasteiger charge is 2.08. The SMILES string of the molecule is CCNC(=NCc1ccc(-n2ccnc2C)c(F)c1)NCCc1ccccn1. The summed E-state index contributed by atoms with van der Waals surface area (Å²) in [6.45, 7) is 5.71. The van der Waals surface area contributed by atoms with E-state index in [-0.39, 0.29) is 5.82 Å². The monoisotopic (exact) mass is 380 g/mol. The van der Waals surface area contributed by atoms with Gasteiger partial charge in [-0.05, 0) is 43.7 Å². The van der Waals surface area contributed by atoms with Crippen LogP contribution in [0.3, 0.4) is 0 Å². The van der Waals surface area contributed by atoms with Crippen LogP contribution in [0.5, 0.6) is 0 Å². The van der Waals surface area contributed by atoms with Gasteiger partial charge in [0.25, 0.3) is 0 Å². The van der Waals surface area contributed by atoms with Crippen molar-refractivity contribution in [3.8, 4) is 5.69 Å². The Bertz CT molecular complexity index is 920. The number of guanidine groups is 1. The molecule has 0 aliphatic carbocycles. The molecule has 0 saturated heterocycles. The lowest BCUT2D eigenvalue weighted by atomic mass is 10.2. The molecule has 0 bridgehead atoms. The molecular formula is C21H25FN6. The highest BCUT2D eigenvalue weighted by atomic mass is 19.1. The van der Waals surface area contributed by atoms with E-state index < -0.39 is 0 Å². The van der Waals surface area contributed by atoms with Crippen LogP contribution in [0.1, 0.15) is 24.0 Å². The van der Waals surface area contributed by atoms with Crippen molar-refractivity contribution in [3.05, 3.63) is 77.9 Å². The molecule has 0 fully saturated rings. The third-order valence-electron chi connectivity index (χ3n) is 4.26. The van der Waals surface area contributed by atoms with E-state index in [1.54, 1.807) is 29.2 Å². The van der Waals surface area contributed by atoms with Gasteiger partial charge in [-0.15, -0.1) is 0 Å². The lowest BCUT2D eigenvalue weighted by Gasteiger charge is -2.12. The standard InChI is InChI=1S/C21H25FN6/c1-3-23-21(26-11-9-18-6-4-5-10-25-18)27-15-17-7-8-20(19(22)14-17)28-13-12-24-16(28)2/h4-8,10,12-14H,3,9,11,15H2,1-2H3,(H2,23,26,27). The molecule has 7 heteroatoms. The van der Waals surface area contributed by atoms with Crippen LogP contribution in [0.2, 0.25) is 0 Å². The third-order valence-corrected chi connectivity index (χ3v) is 4.26. The Balaban J connectivity index is 1.62. The van der Waals surface area contributed by atoms with Gasteiger partial charge >= 0.3 is 0 Å². The van der Waals surface area contributed by atoms with Crippen molar-refractivity contribution >= 4 is 5.96 Å². The second-order valence-electron chi connectivity index (χ2n) is 6.32. The van der Waals surface area contributed by atoms with Crippen molar-refractivity contribution in [2.24, 2.45) is 4.99 Å². The van der Waals surface area contributed by atoms with Crippen molar-refractivity contribution in [1.29, 1.82) is 0 Å². The quantitative estimate of drug-likeness (QED) is 0.488. The molecule has 3 rings (SSSR count). The summed E-state index contributed by atoms with van der Waals surface area (Å²) in [5.74, 6) is 1.16. The van der Waals surface area contributed by atoms with Crippen molar-refractivity contribution in [2.75, 3.05) is 13.1 Å². The van der Waals surface area contributed by atoms with Crippen LogP contribution in [0, 0.1) is 12.7 Å². The molecule has 2 heterocycles. The minimum Gasteiger partial charge on any atom is -0.357 e. The summed E-state index contributed by atoms with van der Waals surface area (Å²) in [6, 6.07) is 11.1. The van der Waals surface area contributed by atoms with E-state index in [1.165, 1.54) is 6.07 Å². The first-order valence-corrected chi connectivity index (χ1v) is 9.38. The summed E-state index contributed by atoms with van der Waals surface area (Å²) in [5, 5.41) is 6.50. The van der Waals surface area contributed by atoms with Crippen LogP contribution in [0.4, 0.5) is 4.39 Å². The minimum absolute atomic E-state index is 0.290. The molecule has 0 atom stereocenters. The molecule has 3 aromatic rings. The summed E-state index contributed by atoms with van der Waals surface area (Å²) < 4.78 is 16.2. The lowest BCUT2D eigenvalue weighted by molar-refractivity contribution is 0.614. The van der Waals surface area contributed by atoms with Gasteiger partial charge in [0, 0.05) is 43.8 Å². The first-order valence-electron chi connectivity index (χ1n) is 9.38. The average Bonchev–Trinajstić information content (AvgIpc) is 3.12. The molecule has 146 valence electrons. The normalized spacial score (nSPS) is 11.5. The molecule has 0 spiro atoms. The number of hydrogen-bond donors (Lipinski definition) is 2. The zero-order valence-corrected chi connectivity index (χ0v) is 16.2. The van der Waals surface area contributed by atoms with Gasteiger partial charge in [0.15, 0.2) is 5.96 Å². The fraction of sp³-hybridized carbons (Fsp3) is 0.286.